The van der Waals surface area contributed by atoms with Crippen molar-refractivity contribution in [2.75, 3.05) is 6.54 Å². The number of nitrogens with zero attached hydrogens (tertiary/aromatic N) is 1. The molecular weight excluding hydrogens is 354 g/mol. The topological polar surface area (TPSA) is 90.8 Å². The molecule has 0 saturated carbocycles. The second kappa shape index (κ2) is 9.39. The van der Waals surface area contributed by atoms with E-state index in [9.17, 15) is 14.7 Å². The number of benzene rings is 2. The molecule has 7 heteroatoms. The number of amides is 2. The maximum Gasteiger partial charge on any atom is 0.259 e. The van der Waals surface area contributed by atoms with E-state index in [4.69, 9.17) is 11.6 Å². The van der Waals surface area contributed by atoms with E-state index >= 15 is 0 Å². The second-order valence-corrected chi connectivity index (χ2v) is 5.77. The van der Waals surface area contributed by atoms with Gasteiger partial charge in [0, 0.05) is 16.1 Å². The third kappa shape index (κ3) is 5.46. The fraction of sp³-hybridized carbons (Fsp3) is 0.105. The minimum Gasteiger partial charge on any atom is -0.507 e. The molecule has 0 aliphatic rings. The lowest BCUT2D eigenvalue weighted by Gasteiger charge is -2.06. The molecule has 0 heterocycles. The molecule has 134 valence electrons. The molecule has 0 spiro atoms. The fourth-order valence-corrected chi connectivity index (χ4v) is 2.33. The smallest absolute Gasteiger partial charge is 0.259 e. The Labute approximate surface area is 156 Å². The molecule has 2 aromatic carbocycles. The number of carbonyl (C=O) groups is 2. The molecule has 3 N–H and O–H groups in total. The van der Waals surface area contributed by atoms with Gasteiger partial charge in [0.05, 0.1) is 12.8 Å². The van der Waals surface area contributed by atoms with Gasteiger partial charge in [-0.15, -0.1) is 6.58 Å². The van der Waals surface area contributed by atoms with Crippen molar-refractivity contribution < 1.29 is 14.7 Å². The summed E-state index contributed by atoms with van der Waals surface area (Å²) in [6, 6.07) is 11.6. The molecule has 0 aliphatic heterocycles. The summed E-state index contributed by atoms with van der Waals surface area (Å²) < 4.78 is 0. The molecule has 0 radical (unpaired) electrons. The van der Waals surface area contributed by atoms with Gasteiger partial charge in [0.1, 0.15) is 5.75 Å². The standard InChI is InChI=1S/C19H18ClN3O3/c1-2-5-13-6-3-8-15(18(13)25)11-22-23-17(24)12-21-19(26)14-7-4-9-16(20)10-14/h2-4,6-11,25H,1,5,12H2,(H,21,26)(H,23,24). The summed E-state index contributed by atoms with van der Waals surface area (Å²) in [5.41, 5.74) is 3.82. The Morgan fingerprint density at radius 2 is 2.00 bits per heavy atom. The van der Waals surface area contributed by atoms with Crippen molar-refractivity contribution in [3.05, 3.63) is 76.8 Å². The summed E-state index contributed by atoms with van der Waals surface area (Å²) in [5, 5.41) is 16.8. The Balaban J connectivity index is 1.87. The number of allylic oxidation sites excluding steroid dienone is 1. The maximum atomic E-state index is 11.9. The molecule has 0 bridgehead atoms. The van der Waals surface area contributed by atoms with Gasteiger partial charge in [-0.1, -0.05) is 35.9 Å². The summed E-state index contributed by atoms with van der Waals surface area (Å²) in [5.74, 6) is -0.834. The van der Waals surface area contributed by atoms with Crippen LogP contribution >= 0.6 is 11.6 Å². The molecule has 0 unspecified atom stereocenters. The number of phenolic OH excluding ortho intramolecular Hbond substituents is 1. The SMILES string of the molecule is C=CCc1cccc(C=NNC(=O)CNC(=O)c2cccc(Cl)c2)c1O. The van der Waals surface area contributed by atoms with Gasteiger partial charge in [-0.05, 0) is 36.2 Å². The highest BCUT2D eigenvalue weighted by molar-refractivity contribution is 6.30. The van der Waals surface area contributed by atoms with Gasteiger partial charge in [0.15, 0.2) is 0 Å². The zero-order valence-corrected chi connectivity index (χ0v) is 14.7. The third-order valence-corrected chi connectivity index (χ3v) is 3.64. The third-order valence-electron chi connectivity index (χ3n) is 3.40. The largest absolute Gasteiger partial charge is 0.507 e. The summed E-state index contributed by atoms with van der Waals surface area (Å²) in [6.07, 6.45) is 3.54. The quantitative estimate of drug-likeness (QED) is 0.397. The van der Waals surface area contributed by atoms with Gasteiger partial charge in [-0.3, -0.25) is 9.59 Å². The first-order valence-corrected chi connectivity index (χ1v) is 8.16. The van der Waals surface area contributed by atoms with Crippen molar-refractivity contribution in [1.29, 1.82) is 0 Å². The Kier molecular flexibility index (Phi) is 6.93. The summed E-state index contributed by atoms with van der Waals surface area (Å²) in [4.78, 5) is 23.7. The van der Waals surface area contributed by atoms with Crippen molar-refractivity contribution in [3.63, 3.8) is 0 Å². The lowest BCUT2D eigenvalue weighted by molar-refractivity contribution is -0.120. The molecule has 0 atom stereocenters. The maximum absolute atomic E-state index is 11.9. The van der Waals surface area contributed by atoms with Crippen LogP contribution < -0.4 is 10.7 Å². The van der Waals surface area contributed by atoms with Crippen molar-refractivity contribution in [2.45, 2.75) is 6.42 Å². The lowest BCUT2D eigenvalue weighted by atomic mass is 10.1. The average molecular weight is 372 g/mol. The number of aromatic hydroxyl groups is 1. The molecule has 0 aliphatic carbocycles. The minimum atomic E-state index is -0.502. The van der Waals surface area contributed by atoms with Gasteiger partial charge >= 0.3 is 0 Å². The van der Waals surface area contributed by atoms with Gasteiger partial charge < -0.3 is 10.4 Å². The first kappa shape index (κ1) is 19.2. The number of para-hydroxylation sites is 1. The number of hydrazone groups is 1. The van der Waals surface area contributed by atoms with Crippen LogP contribution in [-0.2, 0) is 11.2 Å². The van der Waals surface area contributed by atoms with Crippen LogP contribution in [0.5, 0.6) is 5.75 Å². The van der Waals surface area contributed by atoms with Crippen LogP contribution in [0.25, 0.3) is 0 Å². The fourth-order valence-electron chi connectivity index (χ4n) is 2.14. The Hall–Kier alpha value is -3.12. The Morgan fingerprint density at radius 3 is 2.73 bits per heavy atom. The molecule has 26 heavy (non-hydrogen) atoms. The zero-order valence-electron chi connectivity index (χ0n) is 13.9. The number of phenols is 1. The highest BCUT2D eigenvalue weighted by atomic mass is 35.5. The van der Waals surface area contributed by atoms with E-state index in [1.54, 1.807) is 42.5 Å². The second-order valence-electron chi connectivity index (χ2n) is 5.33. The summed E-state index contributed by atoms with van der Waals surface area (Å²) in [6.45, 7) is 3.38. The van der Waals surface area contributed by atoms with E-state index in [2.05, 4.69) is 22.4 Å². The highest BCUT2D eigenvalue weighted by Gasteiger charge is 2.08. The molecule has 0 aromatic heterocycles. The van der Waals surface area contributed by atoms with Crippen LogP contribution in [0, 0.1) is 0 Å². The molecule has 6 nitrogen and oxygen atoms in total. The molecule has 2 amide bonds. The lowest BCUT2D eigenvalue weighted by Crippen LogP contribution is -2.34. The normalized spacial score (nSPS) is 10.5. The van der Waals surface area contributed by atoms with Crippen molar-refractivity contribution in [2.24, 2.45) is 5.10 Å². The van der Waals surface area contributed by atoms with E-state index in [0.29, 0.717) is 28.1 Å². The zero-order chi connectivity index (χ0) is 18.9. The van der Waals surface area contributed by atoms with Gasteiger partial charge in [-0.25, -0.2) is 5.43 Å². The van der Waals surface area contributed by atoms with Crippen LogP contribution in [0.2, 0.25) is 5.02 Å². The summed E-state index contributed by atoms with van der Waals surface area (Å²) >= 11 is 5.82. The van der Waals surface area contributed by atoms with Crippen molar-refractivity contribution in [3.8, 4) is 5.75 Å². The van der Waals surface area contributed by atoms with E-state index in [1.807, 2.05) is 0 Å². The number of nitrogens with one attached hydrogen (secondary N) is 2. The number of hydrogen-bond donors (Lipinski definition) is 3. The van der Waals surface area contributed by atoms with Crippen LogP contribution in [0.15, 0.2) is 60.2 Å². The number of rotatable bonds is 7. The number of halogens is 1. The Morgan fingerprint density at radius 1 is 1.23 bits per heavy atom. The summed E-state index contributed by atoms with van der Waals surface area (Å²) in [7, 11) is 0. The van der Waals surface area contributed by atoms with E-state index in [0.717, 1.165) is 0 Å². The monoisotopic (exact) mass is 371 g/mol. The molecule has 2 rings (SSSR count). The van der Waals surface area contributed by atoms with Crippen LogP contribution in [0.1, 0.15) is 21.5 Å². The van der Waals surface area contributed by atoms with Gasteiger partial charge in [0.2, 0.25) is 0 Å². The predicted molar refractivity (Wildman–Crippen MR) is 102 cm³/mol. The van der Waals surface area contributed by atoms with Crippen LogP contribution in [0.4, 0.5) is 0 Å². The van der Waals surface area contributed by atoms with Gasteiger partial charge in [-0.2, -0.15) is 5.10 Å². The van der Waals surface area contributed by atoms with Crippen LogP contribution in [-0.4, -0.2) is 29.7 Å². The molecule has 0 fully saturated rings. The van der Waals surface area contributed by atoms with Crippen molar-refractivity contribution >= 4 is 29.6 Å². The first-order valence-electron chi connectivity index (χ1n) is 7.78. The minimum absolute atomic E-state index is 0.0830. The Bertz CT molecular complexity index is 850. The first-order chi connectivity index (χ1) is 12.5. The molecule has 0 saturated heterocycles. The van der Waals surface area contributed by atoms with Crippen LogP contribution in [0.3, 0.4) is 0 Å². The van der Waals surface area contributed by atoms with E-state index in [-0.39, 0.29) is 12.3 Å². The van der Waals surface area contributed by atoms with Crippen molar-refractivity contribution in [1.82, 2.24) is 10.7 Å². The molecular formula is C19H18ClN3O3. The van der Waals surface area contributed by atoms with E-state index < -0.39 is 11.8 Å². The number of carbonyl (C=O) groups excluding carboxylic acids is 2. The van der Waals surface area contributed by atoms with E-state index in [1.165, 1.54) is 12.3 Å². The average Bonchev–Trinajstić information content (AvgIpc) is 2.63. The predicted octanol–water partition coefficient (Wildman–Crippen LogP) is 2.65. The number of hydrogen-bond acceptors (Lipinski definition) is 4. The highest BCUT2D eigenvalue weighted by Crippen LogP contribution is 2.21. The molecule has 2 aromatic rings. The van der Waals surface area contributed by atoms with Gasteiger partial charge in [0.25, 0.3) is 11.8 Å².